The van der Waals surface area contributed by atoms with Crippen LogP contribution in [0.2, 0.25) is 0 Å². The first kappa shape index (κ1) is 20.3. The fraction of sp³-hybridized carbons (Fsp3) is 0.190. The number of anilines is 1. The van der Waals surface area contributed by atoms with Crippen LogP contribution in [-0.4, -0.2) is 29.4 Å². The van der Waals surface area contributed by atoms with Crippen molar-refractivity contribution in [3.63, 3.8) is 0 Å². The Morgan fingerprint density at radius 2 is 1.83 bits per heavy atom. The summed E-state index contributed by atoms with van der Waals surface area (Å²) in [5.41, 5.74) is 2.00. The second kappa shape index (κ2) is 9.20. The SMILES string of the molecule is Cc1ccc(C[C@@H](CNC(=O)c2ccc(NC(=O)c3ccco3)s2)C(=O)O)cc1. The van der Waals surface area contributed by atoms with Crippen LogP contribution in [0.1, 0.15) is 31.4 Å². The Kier molecular flexibility index (Phi) is 6.46. The average Bonchev–Trinajstić information content (AvgIpc) is 3.38. The zero-order chi connectivity index (χ0) is 20.8. The van der Waals surface area contributed by atoms with E-state index in [0.29, 0.717) is 16.3 Å². The van der Waals surface area contributed by atoms with Gasteiger partial charge < -0.3 is 20.2 Å². The fourth-order valence-electron chi connectivity index (χ4n) is 2.67. The van der Waals surface area contributed by atoms with Gasteiger partial charge in [-0.2, -0.15) is 0 Å². The number of carbonyl (C=O) groups is 3. The van der Waals surface area contributed by atoms with Gasteiger partial charge in [-0.05, 0) is 43.2 Å². The first-order valence-corrected chi connectivity index (χ1v) is 9.75. The molecule has 0 aliphatic carbocycles. The Morgan fingerprint density at radius 1 is 1.07 bits per heavy atom. The van der Waals surface area contributed by atoms with Crippen molar-refractivity contribution in [2.45, 2.75) is 13.3 Å². The van der Waals surface area contributed by atoms with Crippen molar-refractivity contribution in [1.29, 1.82) is 0 Å². The second-order valence-corrected chi connectivity index (χ2v) is 7.61. The minimum atomic E-state index is -0.969. The smallest absolute Gasteiger partial charge is 0.308 e. The monoisotopic (exact) mass is 412 g/mol. The lowest BCUT2D eigenvalue weighted by molar-refractivity contribution is -0.141. The topological polar surface area (TPSA) is 109 Å². The molecule has 2 heterocycles. The lowest BCUT2D eigenvalue weighted by Gasteiger charge is -2.13. The van der Waals surface area contributed by atoms with Crippen LogP contribution in [0.15, 0.2) is 59.2 Å². The van der Waals surface area contributed by atoms with Crippen molar-refractivity contribution in [1.82, 2.24) is 5.32 Å². The largest absolute Gasteiger partial charge is 0.481 e. The minimum Gasteiger partial charge on any atom is -0.481 e. The van der Waals surface area contributed by atoms with E-state index >= 15 is 0 Å². The molecule has 1 atom stereocenters. The highest BCUT2D eigenvalue weighted by molar-refractivity contribution is 7.18. The van der Waals surface area contributed by atoms with E-state index < -0.39 is 17.8 Å². The Balaban J connectivity index is 1.56. The number of carboxylic acids is 1. The number of benzene rings is 1. The molecule has 7 nitrogen and oxygen atoms in total. The molecule has 3 N–H and O–H groups in total. The molecule has 0 aliphatic heterocycles. The molecule has 1 aromatic carbocycles. The Labute approximate surface area is 171 Å². The van der Waals surface area contributed by atoms with Gasteiger partial charge in [-0.3, -0.25) is 14.4 Å². The van der Waals surface area contributed by atoms with Gasteiger partial charge in [-0.15, -0.1) is 11.3 Å². The zero-order valence-corrected chi connectivity index (χ0v) is 16.5. The standard InChI is InChI=1S/C21H20N2O5S/c1-13-4-6-14(7-5-13)11-15(21(26)27)12-22-20(25)17-8-9-18(29-17)23-19(24)16-3-2-10-28-16/h2-10,15H,11-12H2,1H3,(H,22,25)(H,23,24)(H,26,27)/t15-/m0/s1. The maximum absolute atomic E-state index is 12.4. The molecular formula is C21H20N2O5S. The van der Waals surface area contributed by atoms with E-state index in [1.165, 1.54) is 12.3 Å². The first-order chi connectivity index (χ1) is 13.9. The highest BCUT2D eigenvalue weighted by atomic mass is 32.1. The van der Waals surface area contributed by atoms with Gasteiger partial charge in [0.25, 0.3) is 11.8 Å². The highest BCUT2D eigenvalue weighted by Gasteiger charge is 2.20. The molecule has 2 aromatic heterocycles. The summed E-state index contributed by atoms with van der Waals surface area (Å²) in [6.07, 6.45) is 1.72. The van der Waals surface area contributed by atoms with Crippen LogP contribution in [0.25, 0.3) is 0 Å². The maximum Gasteiger partial charge on any atom is 0.308 e. The number of hydrogen-bond acceptors (Lipinski definition) is 5. The number of nitrogens with one attached hydrogen (secondary N) is 2. The van der Waals surface area contributed by atoms with Gasteiger partial charge >= 0.3 is 5.97 Å². The number of aliphatic carboxylic acids is 1. The average molecular weight is 412 g/mol. The van der Waals surface area contributed by atoms with Crippen LogP contribution < -0.4 is 10.6 Å². The number of aryl methyl sites for hydroxylation is 1. The predicted octanol–water partition coefficient (Wildman–Crippen LogP) is 3.58. The van der Waals surface area contributed by atoms with E-state index in [0.717, 1.165) is 22.5 Å². The van der Waals surface area contributed by atoms with Crippen LogP contribution in [0.4, 0.5) is 5.00 Å². The molecule has 3 aromatic rings. The zero-order valence-electron chi connectivity index (χ0n) is 15.7. The van der Waals surface area contributed by atoms with E-state index in [1.54, 1.807) is 18.2 Å². The molecule has 0 radical (unpaired) electrons. The van der Waals surface area contributed by atoms with Crippen LogP contribution in [0.3, 0.4) is 0 Å². The van der Waals surface area contributed by atoms with Crippen molar-refractivity contribution >= 4 is 34.1 Å². The lowest BCUT2D eigenvalue weighted by atomic mass is 9.98. The van der Waals surface area contributed by atoms with E-state index in [1.807, 2.05) is 31.2 Å². The van der Waals surface area contributed by atoms with Gasteiger partial charge in [0.2, 0.25) is 0 Å². The van der Waals surface area contributed by atoms with Gasteiger partial charge in [-0.1, -0.05) is 29.8 Å². The maximum atomic E-state index is 12.4. The summed E-state index contributed by atoms with van der Waals surface area (Å²) < 4.78 is 5.02. The van der Waals surface area contributed by atoms with Crippen molar-refractivity contribution in [3.8, 4) is 0 Å². The third-order valence-electron chi connectivity index (χ3n) is 4.27. The Bertz CT molecular complexity index is 993. The number of amides is 2. The Hall–Kier alpha value is -3.39. The molecule has 150 valence electrons. The van der Waals surface area contributed by atoms with E-state index in [4.69, 9.17) is 4.42 Å². The third-order valence-corrected chi connectivity index (χ3v) is 5.27. The minimum absolute atomic E-state index is 0.00797. The molecule has 0 spiro atoms. The molecule has 29 heavy (non-hydrogen) atoms. The van der Waals surface area contributed by atoms with E-state index in [9.17, 15) is 19.5 Å². The van der Waals surface area contributed by atoms with E-state index in [2.05, 4.69) is 10.6 Å². The Morgan fingerprint density at radius 3 is 2.48 bits per heavy atom. The summed E-state index contributed by atoms with van der Waals surface area (Å²) >= 11 is 1.10. The van der Waals surface area contributed by atoms with Gasteiger partial charge in [-0.25, -0.2) is 0 Å². The molecule has 3 rings (SSSR count). The summed E-state index contributed by atoms with van der Waals surface area (Å²) in [5.74, 6) is -2.33. The summed E-state index contributed by atoms with van der Waals surface area (Å²) in [7, 11) is 0. The fourth-order valence-corrected chi connectivity index (χ4v) is 3.48. The van der Waals surface area contributed by atoms with Crippen LogP contribution in [0, 0.1) is 12.8 Å². The summed E-state index contributed by atoms with van der Waals surface area (Å²) in [5, 5.41) is 15.3. The van der Waals surface area contributed by atoms with Crippen LogP contribution in [0.5, 0.6) is 0 Å². The van der Waals surface area contributed by atoms with Gasteiger partial charge in [0, 0.05) is 6.54 Å². The van der Waals surface area contributed by atoms with Gasteiger partial charge in [0.15, 0.2) is 5.76 Å². The molecular weight excluding hydrogens is 392 g/mol. The summed E-state index contributed by atoms with van der Waals surface area (Å²) in [4.78, 5) is 36.3. The molecule has 0 fully saturated rings. The van der Waals surface area contributed by atoms with E-state index in [-0.39, 0.29) is 18.2 Å². The lowest BCUT2D eigenvalue weighted by Crippen LogP contribution is -2.33. The third kappa shape index (κ3) is 5.55. The molecule has 2 amide bonds. The second-order valence-electron chi connectivity index (χ2n) is 6.53. The predicted molar refractivity (Wildman–Crippen MR) is 109 cm³/mol. The number of hydrogen-bond donors (Lipinski definition) is 3. The van der Waals surface area contributed by atoms with Crippen LogP contribution in [-0.2, 0) is 11.2 Å². The molecule has 0 saturated heterocycles. The summed E-state index contributed by atoms with van der Waals surface area (Å²) in [6.45, 7) is 1.97. The van der Waals surface area contributed by atoms with Crippen LogP contribution >= 0.6 is 11.3 Å². The normalized spacial score (nSPS) is 11.6. The van der Waals surface area contributed by atoms with Crippen molar-refractivity contribution in [2.75, 3.05) is 11.9 Å². The molecule has 8 heteroatoms. The quantitative estimate of drug-likeness (QED) is 0.524. The molecule has 0 aliphatic rings. The van der Waals surface area contributed by atoms with Crippen molar-refractivity contribution < 1.29 is 23.9 Å². The van der Waals surface area contributed by atoms with Gasteiger partial charge in [0.1, 0.15) is 0 Å². The number of rotatable bonds is 8. The number of carboxylic acid groups (broad SMARTS) is 1. The number of furan rings is 1. The number of carbonyl (C=O) groups excluding carboxylic acids is 2. The van der Waals surface area contributed by atoms with Crippen molar-refractivity contribution in [3.05, 3.63) is 76.6 Å². The molecule has 0 bridgehead atoms. The van der Waals surface area contributed by atoms with Gasteiger partial charge in [0.05, 0.1) is 22.1 Å². The van der Waals surface area contributed by atoms with Crippen molar-refractivity contribution in [2.24, 2.45) is 5.92 Å². The molecule has 0 saturated carbocycles. The first-order valence-electron chi connectivity index (χ1n) is 8.93. The number of thiophene rings is 1. The highest BCUT2D eigenvalue weighted by Crippen LogP contribution is 2.22. The summed E-state index contributed by atoms with van der Waals surface area (Å²) in [6, 6.07) is 14.0. The molecule has 0 unspecified atom stereocenters.